The molecule has 1 N–H and O–H groups in total. The molecule has 1 aromatic heterocycles. The molecule has 8 heteroatoms. The highest BCUT2D eigenvalue weighted by Gasteiger charge is 2.26. The fourth-order valence-corrected chi connectivity index (χ4v) is 1.99. The first-order chi connectivity index (χ1) is 10.0. The molecule has 0 unspecified atom stereocenters. The number of anilines is 2. The second-order valence-electron chi connectivity index (χ2n) is 5.01. The average molecular weight is 297 g/mol. The predicted octanol–water partition coefficient (Wildman–Crippen LogP) is 1.93. The van der Waals surface area contributed by atoms with Gasteiger partial charge in [0.15, 0.2) is 0 Å². The van der Waals surface area contributed by atoms with Crippen LogP contribution in [0.2, 0.25) is 0 Å². The second kappa shape index (κ2) is 8.35. The minimum atomic E-state index is -0.437. The van der Waals surface area contributed by atoms with Crippen LogP contribution in [0.1, 0.15) is 20.8 Å². The van der Waals surface area contributed by atoms with Crippen molar-refractivity contribution in [3.05, 3.63) is 16.4 Å². The Morgan fingerprint density at radius 3 is 2.71 bits per heavy atom. The molecule has 0 atom stereocenters. The molecule has 1 aromatic rings. The van der Waals surface area contributed by atoms with Crippen LogP contribution in [0.5, 0.6) is 0 Å². The molecule has 0 aliphatic carbocycles. The van der Waals surface area contributed by atoms with Crippen LogP contribution >= 0.6 is 0 Å². The Morgan fingerprint density at radius 2 is 2.19 bits per heavy atom. The van der Waals surface area contributed by atoms with Gasteiger partial charge in [-0.3, -0.25) is 10.1 Å². The zero-order valence-electron chi connectivity index (χ0n) is 13.0. The number of hydrogen-bond acceptors (Lipinski definition) is 7. The summed E-state index contributed by atoms with van der Waals surface area (Å²) in [5, 5.41) is 14.3. The van der Waals surface area contributed by atoms with Gasteiger partial charge < -0.3 is 15.0 Å². The number of rotatable bonds is 9. The third-order valence-electron chi connectivity index (χ3n) is 2.78. The summed E-state index contributed by atoms with van der Waals surface area (Å²) in [6, 6.07) is 0. The van der Waals surface area contributed by atoms with Gasteiger partial charge in [0.2, 0.25) is 11.6 Å². The van der Waals surface area contributed by atoms with Crippen LogP contribution in [0.3, 0.4) is 0 Å². The van der Waals surface area contributed by atoms with Gasteiger partial charge in [0.05, 0.1) is 11.5 Å². The van der Waals surface area contributed by atoms with Gasteiger partial charge in [-0.1, -0.05) is 13.8 Å². The SMILES string of the molecule is CCNc1ncnc(N(CCOC)CC(C)C)c1[N+](=O)[O-]. The first kappa shape index (κ1) is 17.1. The molecule has 1 heterocycles. The van der Waals surface area contributed by atoms with Crippen LogP contribution in [-0.2, 0) is 4.74 Å². The summed E-state index contributed by atoms with van der Waals surface area (Å²) in [6.45, 7) is 8.20. The molecule has 0 aliphatic rings. The molecular formula is C13H23N5O3. The number of nitrogens with one attached hydrogen (secondary N) is 1. The molecule has 118 valence electrons. The minimum absolute atomic E-state index is 0.0869. The van der Waals surface area contributed by atoms with Crippen molar-refractivity contribution < 1.29 is 9.66 Å². The fraction of sp³-hybridized carbons (Fsp3) is 0.692. The summed E-state index contributed by atoms with van der Waals surface area (Å²) in [6.07, 6.45) is 1.35. The van der Waals surface area contributed by atoms with Gasteiger partial charge in [-0.15, -0.1) is 0 Å². The van der Waals surface area contributed by atoms with Crippen molar-refractivity contribution in [3.63, 3.8) is 0 Å². The van der Waals surface area contributed by atoms with Crippen molar-refractivity contribution in [3.8, 4) is 0 Å². The zero-order chi connectivity index (χ0) is 15.8. The number of aromatic nitrogens is 2. The van der Waals surface area contributed by atoms with E-state index < -0.39 is 4.92 Å². The van der Waals surface area contributed by atoms with E-state index in [0.29, 0.717) is 38.0 Å². The van der Waals surface area contributed by atoms with E-state index >= 15 is 0 Å². The molecule has 0 amide bonds. The van der Waals surface area contributed by atoms with E-state index in [1.165, 1.54) is 6.33 Å². The van der Waals surface area contributed by atoms with Crippen LogP contribution in [0.15, 0.2) is 6.33 Å². The van der Waals surface area contributed by atoms with Crippen molar-refractivity contribution in [2.45, 2.75) is 20.8 Å². The van der Waals surface area contributed by atoms with Crippen LogP contribution in [0.4, 0.5) is 17.3 Å². The average Bonchev–Trinajstić information content (AvgIpc) is 2.43. The van der Waals surface area contributed by atoms with Crippen molar-refractivity contribution in [2.24, 2.45) is 5.92 Å². The zero-order valence-corrected chi connectivity index (χ0v) is 13.0. The summed E-state index contributed by atoms with van der Waals surface area (Å²) >= 11 is 0. The van der Waals surface area contributed by atoms with E-state index in [9.17, 15) is 10.1 Å². The van der Waals surface area contributed by atoms with Gasteiger partial charge >= 0.3 is 5.69 Å². The minimum Gasteiger partial charge on any atom is -0.383 e. The highest BCUT2D eigenvalue weighted by molar-refractivity contribution is 5.70. The Labute approximate surface area is 124 Å². The lowest BCUT2D eigenvalue weighted by atomic mass is 10.2. The van der Waals surface area contributed by atoms with Gasteiger partial charge in [-0.25, -0.2) is 9.97 Å². The van der Waals surface area contributed by atoms with E-state index in [1.54, 1.807) is 7.11 Å². The molecule has 0 saturated heterocycles. The number of ether oxygens (including phenoxy) is 1. The Hall–Kier alpha value is -1.96. The molecule has 21 heavy (non-hydrogen) atoms. The Kier molecular flexibility index (Phi) is 6.80. The predicted molar refractivity (Wildman–Crippen MR) is 81.8 cm³/mol. The maximum atomic E-state index is 11.4. The van der Waals surface area contributed by atoms with Gasteiger partial charge in [0, 0.05) is 26.7 Å². The number of nitrogens with zero attached hydrogens (tertiary/aromatic N) is 4. The molecule has 0 bridgehead atoms. The van der Waals surface area contributed by atoms with E-state index in [0.717, 1.165) is 0 Å². The van der Waals surface area contributed by atoms with Crippen molar-refractivity contribution >= 4 is 17.3 Å². The number of hydrogen-bond donors (Lipinski definition) is 1. The maximum Gasteiger partial charge on any atom is 0.353 e. The largest absolute Gasteiger partial charge is 0.383 e. The lowest BCUT2D eigenvalue weighted by Gasteiger charge is -2.25. The Morgan fingerprint density at radius 1 is 1.48 bits per heavy atom. The molecule has 8 nitrogen and oxygen atoms in total. The summed E-state index contributed by atoms with van der Waals surface area (Å²) in [4.78, 5) is 20.9. The van der Waals surface area contributed by atoms with Gasteiger partial charge in [-0.05, 0) is 12.8 Å². The molecule has 0 aromatic carbocycles. The van der Waals surface area contributed by atoms with Crippen LogP contribution in [0.25, 0.3) is 0 Å². The molecule has 0 fully saturated rings. The van der Waals surface area contributed by atoms with Gasteiger partial charge in [0.1, 0.15) is 6.33 Å². The Balaban J connectivity index is 3.21. The monoisotopic (exact) mass is 297 g/mol. The summed E-state index contributed by atoms with van der Waals surface area (Å²) < 4.78 is 5.08. The molecule has 0 spiro atoms. The quantitative estimate of drug-likeness (QED) is 0.549. The van der Waals surface area contributed by atoms with Crippen molar-refractivity contribution in [1.29, 1.82) is 0 Å². The van der Waals surface area contributed by atoms with Crippen molar-refractivity contribution in [1.82, 2.24) is 9.97 Å². The molecule has 0 aliphatic heterocycles. The van der Waals surface area contributed by atoms with Gasteiger partial charge in [-0.2, -0.15) is 0 Å². The third kappa shape index (κ3) is 4.82. The van der Waals surface area contributed by atoms with Crippen LogP contribution in [0, 0.1) is 16.0 Å². The van der Waals surface area contributed by atoms with Crippen molar-refractivity contribution in [2.75, 3.05) is 43.6 Å². The second-order valence-corrected chi connectivity index (χ2v) is 5.01. The van der Waals surface area contributed by atoms with E-state index in [2.05, 4.69) is 29.1 Å². The molecule has 1 rings (SSSR count). The summed E-state index contributed by atoms with van der Waals surface area (Å²) in [5.74, 6) is 0.925. The smallest absolute Gasteiger partial charge is 0.353 e. The topological polar surface area (TPSA) is 93.4 Å². The van der Waals surface area contributed by atoms with Gasteiger partial charge in [0.25, 0.3) is 0 Å². The highest BCUT2D eigenvalue weighted by atomic mass is 16.6. The maximum absolute atomic E-state index is 11.4. The lowest BCUT2D eigenvalue weighted by molar-refractivity contribution is -0.383. The first-order valence-electron chi connectivity index (χ1n) is 6.98. The first-order valence-corrected chi connectivity index (χ1v) is 6.98. The highest BCUT2D eigenvalue weighted by Crippen LogP contribution is 2.31. The standard InChI is InChI=1S/C13H23N5O3/c1-5-14-12-11(18(19)20)13(16-9-15-12)17(6-7-21-4)8-10(2)3/h9-10H,5-8H2,1-4H3,(H,14,15,16). The van der Waals surface area contributed by atoms with Crippen LogP contribution < -0.4 is 10.2 Å². The number of nitro groups is 1. The van der Waals surface area contributed by atoms with E-state index in [-0.39, 0.29) is 11.5 Å². The Bertz CT molecular complexity index is 467. The number of methoxy groups -OCH3 is 1. The normalized spacial score (nSPS) is 10.7. The summed E-state index contributed by atoms with van der Waals surface area (Å²) in [5.41, 5.74) is -0.0869. The molecular weight excluding hydrogens is 274 g/mol. The molecule has 0 saturated carbocycles. The lowest BCUT2D eigenvalue weighted by Crippen LogP contribution is -2.32. The third-order valence-corrected chi connectivity index (χ3v) is 2.78. The molecule has 0 radical (unpaired) electrons. The fourth-order valence-electron chi connectivity index (χ4n) is 1.99. The van der Waals surface area contributed by atoms with E-state index in [1.807, 2.05) is 11.8 Å². The van der Waals surface area contributed by atoms with Crippen LogP contribution in [-0.4, -0.2) is 48.2 Å². The van der Waals surface area contributed by atoms with E-state index in [4.69, 9.17) is 4.74 Å². The summed E-state index contributed by atoms with van der Waals surface area (Å²) in [7, 11) is 1.60.